The van der Waals surface area contributed by atoms with Crippen LogP contribution in [-0.4, -0.2) is 36.3 Å². The number of halogens is 1. The van der Waals surface area contributed by atoms with Crippen LogP contribution in [0, 0.1) is 11.7 Å². The number of benzene rings is 2. The van der Waals surface area contributed by atoms with Gasteiger partial charge in [-0.2, -0.15) is 0 Å². The number of ether oxygens (including phenoxy) is 1. The van der Waals surface area contributed by atoms with E-state index in [9.17, 15) is 9.18 Å². The standard InChI is InChI=1S/C24H27FN2O3/c1-29-20-12-10-17(11-13-20)23-14-21(30-26-23)16-27(24(28)18-6-2-3-7-18)15-19-8-4-5-9-22(19)25/h4-5,8-13,18,21H,2-3,6-7,14-16H2,1H3/t21-/m1/s1. The van der Waals surface area contributed by atoms with Gasteiger partial charge < -0.3 is 14.5 Å². The van der Waals surface area contributed by atoms with Gasteiger partial charge in [-0.25, -0.2) is 4.39 Å². The lowest BCUT2D eigenvalue weighted by molar-refractivity contribution is -0.137. The summed E-state index contributed by atoms with van der Waals surface area (Å²) < 4.78 is 19.4. The molecule has 1 aliphatic carbocycles. The van der Waals surface area contributed by atoms with Crippen LogP contribution >= 0.6 is 0 Å². The summed E-state index contributed by atoms with van der Waals surface area (Å²) in [6.45, 7) is 0.645. The van der Waals surface area contributed by atoms with Crippen molar-refractivity contribution in [2.75, 3.05) is 13.7 Å². The molecule has 2 aromatic carbocycles. The van der Waals surface area contributed by atoms with Crippen LogP contribution in [0.25, 0.3) is 0 Å². The highest BCUT2D eigenvalue weighted by Crippen LogP contribution is 2.28. The van der Waals surface area contributed by atoms with Crippen molar-refractivity contribution in [3.63, 3.8) is 0 Å². The Morgan fingerprint density at radius 2 is 1.90 bits per heavy atom. The summed E-state index contributed by atoms with van der Waals surface area (Å²) in [6.07, 6.45) is 4.35. The molecular weight excluding hydrogens is 383 g/mol. The molecule has 0 aromatic heterocycles. The van der Waals surface area contributed by atoms with E-state index in [4.69, 9.17) is 9.57 Å². The molecule has 0 radical (unpaired) electrons. The lowest BCUT2D eigenvalue weighted by Gasteiger charge is -2.27. The van der Waals surface area contributed by atoms with Crippen molar-refractivity contribution in [1.82, 2.24) is 4.90 Å². The number of oxime groups is 1. The van der Waals surface area contributed by atoms with Gasteiger partial charge in [-0.15, -0.1) is 0 Å². The molecule has 158 valence electrons. The molecule has 1 fully saturated rings. The first-order valence-corrected chi connectivity index (χ1v) is 10.5. The largest absolute Gasteiger partial charge is 0.497 e. The van der Waals surface area contributed by atoms with Crippen molar-refractivity contribution in [1.29, 1.82) is 0 Å². The zero-order valence-electron chi connectivity index (χ0n) is 17.2. The third-order valence-corrected chi connectivity index (χ3v) is 5.92. The quantitative estimate of drug-likeness (QED) is 0.673. The molecule has 1 amide bonds. The monoisotopic (exact) mass is 410 g/mol. The number of amides is 1. The highest BCUT2D eigenvalue weighted by Gasteiger charge is 2.32. The second-order valence-corrected chi connectivity index (χ2v) is 7.99. The predicted molar refractivity (Wildman–Crippen MR) is 113 cm³/mol. The van der Waals surface area contributed by atoms with Crippen molar-refractivity contribution in [2.24, 2.45) is 11.1 Å². The SMILES string of the molecule is COc1ccc(C2=NO[C@@H](CN(Cc3ccccc3F)C(=O)C3CCCC3)C2)cc1. The highest BCUT2D eigenvalue weighted by molar-refractivity contribution is 6.01. The summed E-state index contributed by atoms with van der Waals surface area (Å²) in [6, 6.07) is 14.3. The summed E-state index contributed by atoms with van der Waals surface area (Å²) in [5.41, 5.74) is 2.35. The molecule has 6 heteroatoms. The summed E-state index contributed by atoms with van der Waals surface area (Å²) in [4.78, 5) is 20.6. The normalized spacial score (nSPS) is 18.7. The molecule has 1 heterocycles. The maximum absolute atomic E-state index is 14.2. The van der Waals surface area contributed by atoms with Gasteiger partial charge in [0, 0.05) is 24.4 Å². The van der Waals surface area contributed by atoms with Crippen LogP contribution in [0.2, 0.25) is 0 Å². The van der Waals surface area contributed by atoms with Gasteiger partial charge in [0.25, 0.3) is 0 Å². The minimum Gasteiger partial charge on any atom is -0.497 e. The number of carbonyl (C=O) groups is 1. The smallest absolute Gasteiger partial charge is 0.226 e. The average Bonchev–Trinajstić information content (AvgIpc) is 3.47. The lowest BCUT2D eigenvalue weighted by Crippen LogP contribution is -2.40. The molecule has 1 saturated carbocycles. The Balaban J connectivity index is 1.45. The molecule has 2 aromatic rings. The van der Waals surface area contributed by atoms with E-state index >= 15 is 0 Å². The molecule has 5 nitrogen and oxygen atoms in total. The molecule has 0 saturated heterocycles. The molecule has 1 atom stereocenters. The van der Waals surface area contributed by atoms with Crippen molar-refractivity contribution < 1.29 is 18.8 Å². The Hall–Kier alpha value is -2.89. The van der Waals surface area contributed by atoms with Crippen molar-refractivity contribution in [3.05, 3.63) is 65.5 Å². The van der Waals surface area contributed by atoms with E-state index < -0.39 is 0 Å². The van der Waals surface area contributed by atoms with E-state index in [1.54, 1.807) is 30.2 Å². The maximum atomic E-state index is 14.2. The van der Waals surface area contributed by atoms with Gasteiger partial charge in [-0.1, -0.05) is 36.2 Å². The number of methoxy groups -OCH3 is 1. The molecule has 0 bridgehead atoms. The van der Waals surface area contributed by atoms with Crippen LogP contribution in [0.15, 0.2) is 53.7 Å². The third-order valence-electron chi connectivity index (χ3n) is 5.92. The number of hydrogen-bond donors (Lipinski definition) is 0. The Kier molecular flexibility index (Phi) is 6.31. The van der Waals surface area contributed by atoms with Crippen LogP contribution in [0.3, 0.4) is 0 Å². The minimum atomic E-state index is -0.288. The summed E-state index contributed by atoms with van der Waals surface area (Å²) >= 11 is 0. The van der Waals surface area contributed by atoms with E-state index in [-0.39, 0.29) is 30.3 Å². The number of carbonyl (C=O) groups excluding carboxylic acids is 1. The van der Waals surface area contributed by atoms with E-state index in [1.165, 1.54) is 6.07 Å². The van der Waals surface area contributed by atoms with Crippen LogP contribution in [0.4, 0.5) is 4.39 Å². The van der Waals surface area contributed by atoms with Gasteiger partial charge in [-0.3, -0.25) is 4.79 Å². The summed E-state index contributed by atoms with van der Waals surface area (Å²) in [7, 11) is 1.63. The minimum absolute atomic E-state index is 0.0279. The Bertz CT molecular complexity index is 907. The first-order chi connectivity index (χ1) is 14.6. The second kappa shape index (κ2) is 9.28. The first kappa shape index (κ1) is 20.4. The fourth-order valence-corrected chi connectivity index (χ4v) is 4.22. The Morgan fingerprint density at radius 1 is 1.17 bits per heavy atom. The summed E-state index contributed by atoms with van der Waals surface area (Å²) in [5.74, 6) is 0.620. The Morgan fingerprint density at radius 3 is 2.60 bits per heavy atom. The van der Waals surface area contributed by atoms with Crippen molar-refractivity contribution in [2.45, 2.75) is 44.8 Å². The molecule has 0 N–H and O–H groups in total. The van der Waals surface area contributed by atoms with Gasteiger partial charge >= 0.3 is 0 Å². The molecule has 30 heavy (non-hydrogen) atoms. The van der Waals surface area contributed by atoms with Crippen molar-refractivity contribution >= 4 is 11.6 Å². The predicted octanol–water partition coefficient (Wildman–Crippen LogP) is 4.55. The topological polar surface area (TPSA) is 51.1 Å². The van der Waals surface area contributed by atoms with Gasteiger partial charge in [0.1, 0.15) is 11.6 Å². The third kappa shape index (κ3) is 4.64. The second-order valence-electron chi connectivity index (χ2n) is 7.99. The number of hydrogen-bond acceptors (Lipinski definition) is 4. The van der Waals surface area contributed by atoms with Gasteiger partial charge in [0.2, 0.25) is 5.91 Å². The zero-order valence-corrected chi connectivity index (χ0v) is 17.2. The molecular formula is C24H27FN2O3. The molecule has 0 unspecified atom stereocenters. The molecule has 1 aliphatic heterocycles. The van der Waals surface area contributed by atoms with E-state index in [0.29, 0.717) is 18.5 Å². The highest BCUT2D eigenvalue weighted by atomic mass is 19.1. The van der Waals surface area contributed by atoms with Gasteiger partial charge in [-0.05, 0) is 48.7 Å². The number of nitrogens with zero attached hydrogens (tertiary/aromatic N) is 2. The van der Waals surface area contributed by atoms with E-state index in [2.05, 4.69) is 5.16 Å². The molecule has 2 aliphatic rings. The van der Waals surface area contributed by atoms with Crippen LogP contribution in [0.1, 0.15) is 43.2 Å². The molecule has 0 spiro atoms. The number of rotatable bonds is 7. The van der Waals surface area contributed by atoms with Crippen LogP contribution < -0.4 is 4.74 Å². The van der Waals surface area contributed by atoms with Crippen LogP contribution in [-0.2, 0) is 16.2 Å². The first-order valence-electron chi connectivity index (χ1n) is 10.5. The van der Waals surface area contributed by atoms with Gasteiger partial charge in [0.15, 0.2) is 6.10 Å². The Labute approximate surface area is 176 Å². The zero-order chi connectivity index (χ0) is 20.9. The maximum Gasteiger partial charge on any atom is 0.226 e. The average molecular weight is 410 g/mol. The summed E-state index contributed by atoms with van der Waals surface area (Å²) in [5, 5.41) is 4.24. The van der Waals surface area contributed by atoms with E-state index in [0.717, 1.165) is 42.7 Å². The fraction of sp³-hybridized carbons (Fsp3) is 0.417. The molecule has 4 rings (SSSR count). The van der Waals surface area contributed by atoms with Crippen molar-refractivity contribution in [3.8, 4) is 5.75 Å². The fourth-order valence-electron chi connectivity index (χ4n) is 4.22. The van der Waals surface area contributed by atoms with Crippen LogP contribution in [0.5, 0.6) is 5.75 Å². The lowest BCUT2D eigenvalue weighted by atomic mass is 10.0. The van der Waals surface area contributed by atoms with E-state index in [1.807, 2.05) is 24.3 Å². The van der Waals surface area contributed by atoms with Gasteiger partial charge in [0.05, 0.1) is 19.4 Å².